The van der Waals surface area contributed by atoms with Crippen LogP contribution >= 0.6 is 0 Å². The second-order valence-corrected chi connectivity index (χ2v) is 9.07. The van der Waals surface area contributed by atoms with Crippen molar-refractivity contribution in [1.29, 1.82) is 0 Å². The van der Waals surface area contributed by atoms with E-state index in [1.165, 1.54) is 12.0 Å². The Morgan fingerprint density at radius 2 is 1.75 bits per heavy atom. The number of fused-ring (bicyclic) bond motifs is 1. The summed E-state index contributed by atoms with van der Waals surface area (Å²) in [5.74, 6) is 0.561. The molecule has 1 atom stereocenters. The van der Waals surface area contributed by atoms with E-state index in [0.29, 0.717) is 29.5 Å². The van der Waals surface area contributed by atoms with Crippen LogP contribution in [0.15, 0.2) is 54.7 Å². The number of nitrogens with zero attached hydrogens (tertiary/aromatic N) is 3. The van der Waals surface area contributed by atoms with Gasteiger partial charge < -0.3 is 10.2 Å². The summed E-state index contributed by atoms with van der Waals surface area (Å²) >= 11 is 0. The van der Waals surface area contributed by atoms with Crippen LogP contribution in [0.25, 0.3) is 5.65 Å². The van der Waals surface area contributed by atoms with Gasteiger partial charge in [-0.2, -0.15) is 0 Å². The van der Waals surface area contributed by atoms with Gasteiger partial charge in [-0.25, -0.2) is 4.98 Å². The molecular formula is C26H32N4O2. The summed E-state index contributed by atoms with van der Waals surface area (Å²) in [5.41, 5.74) is 2.73. The fourth-order valence-electron chi connectivity index (χ4n) is 4.50. The number of pyridine rings is 1. The number of hydrogen-bond donors (Lipinski definition) is 1. The van der Waals surface area contributed by atoms with E-state index in [0.717, 1.165) is 32.4 Å². The predicted octanol–water partition coefficient (Wildman–Crippen LogP) is 4.52. The molecule has 168 valence electrons. The number of likely N-dealkylation sites (tertiary alicyclic amines) is 1. The number of carbonyl (C=O) groups excluding carboxylic acids is 2. The van der Waals surface area contributed by atoms with E-state index in [9.17, 15) is 9.59 Å². The third-order valence-electron chi connectivity index (χ3n) is 6.12. The molecule has 32 heavy (non-hydrogen) atoms. The van der Waals surface area contributed by atoms with E-state index in [1.54, 1.807) is 16.7 Å². The normalized spacial score (nSPS) is 15.2. The molecule has 4 rings (SSSR count). The minimum absolute atomic E-state index is 0.0548. The Morgan fingerprint density at radius 3 is 2.47 bits per heavy atom. The van der Waals surface area contributed by atoms with Crippen LogP contribution in [-0.4, -0.2) is 45.7 Å². The zero-order chi connectivity index (χ0) is 22.5. The van der Waals surface area contributed by atoms with Crippen LogP contribution < -0.4 is 5.32 Å². The number of rotatable bonds is 7. The van der Waals surface area contributed by atoms with Gasteiger partial charge in [0, 0.05) is 31.7 Å². The molecule has 3 aromatic rings. The van der Waals surface area contributed by atoms with Gasteiger partial charge in [-0.1, -0.05) is 50.2 Å². The molecular weight excluding hydrogens is 400 g/mol. The fraction of sp³-hybridized carbons (Fsp3) is 0.423. The number of amides is 2. The van der Waals surface area contributed by atoms with Crippen molar-refractivity contribution < 1.29 is 9.59 Å². The minimum Gasteiger partial charge on any atom is -0.350 e. The molecule has 6 nitrogen and oxygen atoms in total. The average Bonchev–Trinajstić information content (AvgIpc) is 3.26. The number of benzene rings is 1. The van der Waals surface area contributed by atoms with Crippen LogP contribution in [0.4, 0.5) is 0 Å². The van der Waals surface area contributed by atoms with Crippen molar-refractivity contribution in [1.82, 2.24) is 19.6 Å². The van der Waals surface area contributed by atoms with Gasteiger partial charge in [-0.15, -0.1) is 0 Å². The Labute approximate surface area is 189 Å². The highest BCUT2D eigenvalue weighted by Gasteiger charge is 2.22. The van der Waals surface area contributed by atoms with Gasteiger partial charge in [-0.05, 0) is 49.3 Å². The summed E-state index contributed by atoms with van der Waals surface area (Å²) in [4.78, 5) is 32.3. The molecule has 0 spiro atoms. The van der Waals surface area contributed by atoms with E-state index < -0.39 is 0 Å². The fourth-order valence-corrected chi connectivity index (χ4v) is 4.50. The maximum Gasteiger partial charge on any atom is 0.274 e. The third kappa shape index (κ3) is 5.01. The number of piperidine rings is 1. The van der Waals surface area contributed by atoms with Crippen LogP contribution in [0, 0.1) is 5.92 Å². The molecule has 1 aliphatic heterocycles. The van der Waals surface area contributed by atoms with E-state index >= 15 is 0 Å². The number of aromatic nitrogens is 2. The second kappa shape index (κ2) is 9.98. The van der Waals surface area contributed by atoms with Crippen molar-refractivity contribution in [2.24, 2.45) is 5.92 Å². The van der Waals surface area contributed by atoms with Gasteiger partial charge in [-0.3, -0.25) is 14.0 Å². The molecule has 2 amide bonds. The average molecular weight is 433 g/mol. The summed E-state index contributed by atoms with van der Waals surface area (Å²) in [6.45, 7) is 6.51. The summed E-state index contributed by atoms with van der Waals surface area (Å²) in [7, 11) is 0. The predicted molar refractivity (Wildman–Crippen MR) is 126 cm³/mol. The van der Waals surface area contributed by atoms with E-state index in [2.05, 4.69) is 36.3 Å². The number of carbonyl (C=O) groups is 2. The van der Waals surface area contributed by atoms with Crippen LogP contribution in [0.5, 0.6) is 0 Å². The molecule has 0 aliphatic carbocycles. The lowest BCUT2D eigenvalue weighted by Gasteiger charge is -2.25. The molecule has 1 fully saturated rings. The van der Waals surface area contributed by atoms with Crippen molar-refractivity contribution in [2.75, 3.05) is 19.6 Å². The molecule has 1 unspecified atom stereocenters. The van der Waals surface area contributed by atoms with E-state index in [4.69, 9.17) is 0 Å². The number of hydrogen-bond acceptors (Lipinski definition) is 3. The topological polar surface area (TPSA) is 66.7 Å². The lowest BCUT2D eigenvalue weighted by Crippen LogP contribution is -2.35. The molecule has 6 heteroatoms. The van der Waals surface area contributed by atoms with Crippen LogP contribution in [-0.2, 0) is 0 Å². The lowest BCUT2D eigenvalue weighted by molar-refractivity contribution is 0.0718. The van der Waals surface area contributed by atoms with Crippen molar-refractivity contribution >= 4 is 17.5 Å². The molecule has 0 bridgehead atoms. The Bertz CT molecular complexity index is 1070. The summed E-state index contributed by atoms with van der Waals surface area (Å²) in [6.07, 6.45) is 5.93. The smallest absolute Gasteiger partial charge is 0.274 e. The minimum atomic E-state index is -0.158. The number of nitrogens with one attached hydrogen (secondary N) is 1. The van der Waals surface area contributed by atoms with Crippen molar-refractivity contribution in [3.63, 3.8) is 0 Å². The number of imidazole rings is 1. The van der Waals surface area contributed by atoms with Crippen LogP contribution in [0.1, 0.15) is 72.0 Å². The van der Waals surface area contributed by atoms with Gasteiger partial charge >= 0.3 is 0 Å². The second-order valence-electron chi connectivity index (χ2n) is 9.07. The van der Waals surface area contributed by atoms with Crippen molar-refractivity contribution in [2.45, 2.75) is 45.4 Å². The highest BCUT2D eigenvalue weighted by molar-refractivity contribution is 5.95. The quantitative estimate of drug-likeness (QED) is 0.597. The molecule has 1 aromatic carbocycles. The molecule has 2 aromatic heterocycles. The Balaban J connectivity index is 1.51. The first kappa shape index (κ1) is 22.1. The van der Waals surface area contributed by atoms with Gasteiger partial charge in [0.05, 0.1) is 0 Å². The van der Waals surface area contributed by atoms with E-state index in [-0.39, 0.29) is 17.7 Å². The van der Waals surface area contributed by atoms with Gasteiger partial charge in [0.1, 0.15) is 17.0 Å². The summed E-state index contributed by atoms with van der Waals surface area (Å²) < 4.78 is 1.73. The maximum absolute atomic E-state index is 13.1. The zero-order valence-electron chi connectivity index (χ0n) is 19.0. The van der Waals surface area contributed by atoms with Crippen molar-refractivity contribution in [3.05, 3.63) is 71.7 Å². The Morgan fingerprint density at radius 1 is 1.00 bits per heavy atom. The van der Waals surface area contributed by atoms with Gasteiger partial charge in [0.2, 0.25) is 0 Å². The molecule has 0 saturated carbocycles. The van der Waals surface area contributed by atoms with Gasteiger partial charge in [0.25, 0.3) is 11.8 Å². The van der Waals surface area contributed by atoms with Crippen LogP contribution in [0.3, 0.4) is 0 Å². The van der Waals surface area contributed by atoms with Crippen molar-refractivity contribution in [3.8, 4) is 0 Å². The standard InChI is InChI=1S/C26H32N4O2/c1-19(2)16-21(20-10-5-3-6-11-20)17-27-25(31)23-12-9-13-24-28-22(18-30(23)24)26(32)29-14-7-4-8-15-29/h3,5-6,9-13,18-19,21H,4,7-8,14-17H2,1-2H3,(H,27,31). The monoisotopic (exact) mass is 432 g/mol. The van der Waals surface area contributed by atoms with Crippen LogP contribution in [0.2, 0.25) is 0 Å². The Kier molecular flexibility index (Phi) is 6.88. The molecule has 1 N–H and O–H groups in total. The van der Waals surface area contributed by atoms with Gasteiger partial charge in [0.15, 0.2) is 0 Å². The summed E-state index contributed by atoms with van der Waals surface area (Å²) in [6, 6.07) is 15.7. The zero-order valence-corrected chi connectivity index (χ0v) is 19.0. The largest absolute Gasteiger partial charge is 0.350 e. The first-order valence-electron chi connectivity index (χ1n) is 11.6. The van der Waals surface area contributed by atoms with E-state index in [1.807, 2.05) is 35.2 Å². The third-order valence-corrected chi connectivity index (χ3v) is 6.12. The molecule has 1 saturated heterocycles. The Hall–Kier alpha value is -3.15. The maximum atomic E-state index is 13.1. The molecule has 3 heterocycles. The SMILES string of the molecule is CC(C)CC(CNC(=O)c1cccc2nc(C(=O)N3CCCCC3)cn12)c1ccccc1. The highest BCUT2D eigenvalue weighted by Crippen LogP contribution is 2.23. The molecule has 1 aliphatic rings. The highest BCUT2D eigenvalue weighted by atomic mass is 16.2. The summed E-state index contributed by atoms with van der Waals surface area (Å²) in [5, 5.41) is 3.11. The lowest BCUT2D eigenvalue weighted by atomic mass is 9.90. The molecule has 0 radical (unpaired) electrons. The first-order valence-corrected chi connectivity index (χ1v) is 11.6. The first-order chi connectivity index (χ1) is 15.5.